The summed E-state index contributed by atoms with van der Waals surface area (Å²) >= 11 is 0. The van der Waals surface area contributed by atoms with E-state index < -0.39 is 17.1 Å². The summed E-state index contributed by atoms with van der Waals surface area (Å²) in [6, 6.07) is 9.70. The number of ether oxygens (including phenoxy) is 1. The molecule has 1 unspecified atom stereocenters. The van der Waals surface area contributed by atoms with Gasteiger partial charge in [0, 0.05) is 13.1 Å². The van der Waals surface area contributed by atoms with Crippen LogP contribution in [-0.2, 0) is 11.8 Å². The number of hydrogen-bond donors (Lipinski definition) is 1. The summed E-state index contributed by atoms with van der Waals surface area (Å²) in [5.74, 6) is 0.0742. The highest BCUT2D eigenvalue weighted by Gasteiger charge is 2.44. The molecule has 146 valence electrons. The third-order valence-electron chi connectivity index (χ3n) is 4.73. The summed E-state index contributed by atoms with van der Waals surface area (Å²) in [6.07, 6.45) is 0.465. The SMILES string of the molecule is Cn1nnc(C(c2ccccc2)C2(O)CCN(C(=O)OC(C)(C)C)CC2)n1. The first-order valence-corrected chi connectivity index (χ1v) is 9.17. The minimum Gasteiger partial charge on any atom is -0.444 e. The highest BCUT2D eigenvalue weighted by molar-refractivity contribution is 5.68. The van der Waals surface area contributed by atoms with Gasteiger partial charge in [-0.15, -0.1) is 10.2 Å². The van der Waals surface area contributed by atoms with Crippen molar-refractivity contribution in [1.82, 2.24) is 25.1 Å². The summed E-state index contributed by atoms with van der Waals surface area (Å²) < 4.78 is 5.45. The first-order valence-electron chi connectivity index (χ1n) is 9.17. The average Bonchev–Trinajstić information content (AvgIpc) is 3.00. The number of carbonyl (C=O) groups excluding carboxylic acids is 1. The van der Waals surface area contributed by atoms with Crippen molar-refractivity contribution in [2.24, 2.45) is 7.05 Å². The zero-order chi connectivity index (χ0) is 19.7. The van der Waals surface area contributed by atoms with Crippen LogP contribution in [0.3, 0.4) is 0 Å². The molecule has 27 heavy (non-hydrogen) atoms. The second-order valence-corrected chi connectivity index (χ2v) is 8.05. The highest BCUT2D eigenvalue weighted by Crippen LogP contribution is 2.40. The second kappa shape index (κ2) is 7.26. The van der Waals surface area contributed by atoms with Crippen molar-refractivity contribution in [2.45, 2.75) is 50.7 Å². The van der Waals surface area contributed by atoms with E-state index >= 15 is 0 Å². The summed E-state index contributed by atoms with van der Waals surface area (Å²) in [6.45, 7) is 6.35. The fourth-order valence-corrected chi connectivity index (χ4v) is 3.45. The molecule has 3 rings (SSSR count). The molecule has 1 aromatic carbocycles. The van der Waals surface area contributed by atoms with Gasteiger partial charge < -0.3 is 14.7 Å². The molecule has 1 aliphatic heterocycles. The summed E-state index contributed by atoms with van der Waals surface area (Å²) in [7, 11) is 1.70. The Hall–Kier alpha value is -2.48. The van der Waals surface area contributed by atoms with Gasteiger partial charge in [0.15, 0.2) is 5.82 Å². The van der Waals surface area contributed by atoms with Gasteiger partial charge in [0.1, 0.15) is 5.60 Å². The van der Waals surface area contributed by atoms with E-state index in [4.69, 9.17) is 4.74 Å². The Morgan fingerprint density at radius 1 is 1.22 bits per heavy atom. The molecule has 2 aromatic rings. The van der Waals surface area contributed by atoms with E-state index in [0.717, 1.165) is 5.56 Å². The largest absolute Gasteiger partial charge is 0.444 e. The van der Waals surface area contributed by atoms with Crippen LogP contribution < -0.4 is 0 Å². The molecule has 0 spiro atoms. The smallest absolute Gasteiger partial charge is 0.410 e. The molecule has 1 fully saturated rings. The first-order chi connectivity index (χ1) is 12.7. The summed E-state index contributed by atoms with van der Waals surface area (Å²) in [5.41, 5.74) is -0.678. The van der Waals surface area contributed by atoms with Crippen LogP contribution in [0, 0.1) is 0 Å². The molecular formula is C19H27N5O3. The number of aromatic nitrogens is 4. The van der Waals surface area contributed by atoms with Crippen molar-refractivity contribution < 1.29 is 14.6 Å². The van der Waals surface area contributed by atoms with E-state index in [2.05, 4.69) is 15.4 Å². The van der Waals surface area contributed by atoms with E-state index in [1.807, 2.05) is 51.1 Å². The number of likely N-dealkylation sites (tertiary alicyclic amines) is 1. The maximum absolute atomic E-state index is 12.3. The van der Waals surface area contributed by atoms with E-state index in [1.54, 1.807) is 11.9 Å². The minimum atomic E-state index is -1.07. The molecule has 1 N–H and O–H groups in total. The summed E-state index contributed by atoms with van der Waals surface area (Å²) in [5, 5.41) is 23.9. The van der Waals surface area contributed by atoms with E-state index in [-0.39, 0.29) is 6.09 Å². The molecule has 0 radical (unpaired) electrons. The van der Waals surface area contributed by atoms with Gasteiger partial charge in [-0.25, -0.2) is 4.79 Å². The molecule has 1 saturated heterocycles. The van der Waals surface area contributed by atoms with Crippen molar-refractivity contribution in [3.8, 4) is 0 Å². The van der Waals surface area contributed by atoms with Crippen LogP contribution in [0.2, 0.25) is 0 Å². The lowest BCUT2D eigenvalue weighted by Crippen LogP contribution is -2.51. The van der Waals surface area contributed by atoms with Crippen LogP contribution in [0.25, 0.3) is 0 Å². The monoisotopic (exact) mass is 373 g/mol. The maximum Gasteiger partial charge on any atom is 0.410 e. The number of tetrazole rings is 1. The van der Waals surface area contributed by atoms with Crippen molar-refractivity contribution in [1.29, 1.82) is 0 Å². The number of carbonyl (C=O) groups is 1. The fourth-order valence-electron chi connectivity index (χ4n) is 3.45. The van der Waals surface area contributed by atoms with Gasteiger partial charge in [-0.1, -0.05) is 30.3 Å². The van der Waals surface area contributed by atoms with E-state index in [1.165, 1.54) is 4.80 Å². The van der Waals surface area contributed by atoms with Gasteiger partial charge in [0.2, 0.25) is 0 Å². The number of hydrogen-bond acceptors (Lipinski definition) is 6. The number of benzene rings is 1. The summed E-state index contributed by atoms with van der Waals surface area (Å²) in [4.78, 5) is 15.4. The second-order valence-electron chi connectivity index (χ2n) is 8.05. The predicted molar refractivity (Wildman–Crippen MR) is 99.1 cm³/mol. The maximum atomic E-state index is 12.3. The molecule has 1 aliphatic rings. The number of aryl methyl sites for hydroxylation is 1. The molecule has 1 amide bonds. The number of aliphatic hydroxyl groups is 1. The van der Waals surface area contributed by atoms with Gasteiger partial charge in [0.05, 0.1) is 18.6 Å². The highest BCUT2D eigenvalue weighted by atomic mass is 16.6. The number of amides is 1. The Bertz CT molecular complexity index is 776. The predicted octanol–water partition coefficient (Wildman–Crippen LogP) is 2.10. The topological polar surface area (TPSA) is 93.4 Å². The molecular weight excluding hydrogens is 346 g/mol. The molecule has 1 atom stereocenters. The van der Waals surface area contributed by atoms with Gasteiger partial charge in [-0.2, -0.15) is 4.80 Å². The lowest BCUT2D eigenvalue weighted by Gasteiger charge is -2.42. The van der Waals surface area contributed by atoms with Crippen LogP contribution in [0.5, 0.6) is 0 Å². The Balaban J connectivity index is 1.81. The molecule has 0 bridgehead atoms. The number of nitrogens with zero attached hydrogens (tertiary/aromatic N) is 5. The van der Waals surface area contributed by atoms with E-state index in [9.17, 15) is 9.90 Å². The fraction of sp³-hybridized carbons (Fsp3) is 0.579. The van der Waals surface area contributed by atoms with Gasteiger partial charge in [0.25, 0.3) is 0 Å². The van der Waals surface area contributed by atoms with E-state index in [0.29, 0.717) is 31.8 Å². The lowest BCUT2D eigenvalue weighted by atomic mass is 9.75. The number of piperidine rings is 1. The Kier molecular flexibility index (Phi) is 5.19. The molecule has 0 aliphatic carbocycles. The molecule has 8 heteroatoms. The normalized spacial score (nSPS) is 18.2. The van der Waals surface area contributed by atoms with Gasteiger partial charge in [-0.3, -0.25) is 0 Å². The first kappa shape index (κ1) is 19.3. The minimum absolute atomic E-state index is 0.349. The standard InChI is InChI=1S/C19H27N5O3/c1-18(2,3)27-17(25)24-12-10-19(26,11-13-24)15(14-8-6-5-7-9-14)16-20-22-23(4)21-16/h5-9,15,26H,10-13H2,1-4H3. The molecule has 2 heterocycles. The molecule has 0 saturated carbocycles. The Morgan fingerprint density at radius 2 is 1.85 bits per heavy atom. The molecule has 8 nitrogen and oxygen atoms in total. The Labute approximate surface area is 159 Å². The van der Waals surface area contributed by atoms with Crippen molar-refractivity contribution >= 4 is 6.09 Å². The van der Waals surface area contributed by atoms with Crippen LogP contribution in [0.1, 0.15) is 50.9 Å². The van der Waals surface area contributed by atoms with Gasteiger partial charge >= 0.3 is 6.09 Å². The van der Waals surface area contributed by atoms with Crippen molar-refractivity contribution in [2.75, 3.05) is 13.1 Å². The van der Waals surface area contributed by atoms with Gasteiger partial charge in [-0.05, 0) is 44.4 Å². The van der Waals surface area contributed by atoms with Crippen LogP contribution in [-0.4, -0.2) is 60.6 Å². The quantitative estimate of drug-likeness (QED) is 0.886. The van der Waals surface area contributed by atoms with Crippen LogP contribution in [0.15, 0.2) is 30.3 Å². The zero-order valence-electron chi connectivity index (χ0n) is 16.3. The third kappa shape index (κ3) is 4.44. The zero-order valence-corrected chi connectivity index (χ0v) is 16.3. The third-order valence-corrected chi connectivity index (χ3v) is 4.73. The van der Waals surface area contributed by atoms with Crippen molar-refractivity contribution in [3.05, 3.63) is 41.7 Å². The number of rotatable bonds is 3. The van der Waals surface area contributed by atoms with Crippen molar-refractivity contribution in [3.63, 3.8) is 0 Å². The Morgan fingerprint density at radius 3 is 2.37 bits per heavy atom. The van der Waals surface area contributed by atoms with Crippen LogP contribution in [0.4, 0.5) is 4.79 Å². The lowest BCUT2D eigenvalue weighted by molar-refractivity contribution is -0.0426. The average molecular weight is 373 g/mol. The van der Waals surface area contributed by atoms with Crippen LogP contribution >= 0.6 is 0 Å². The molecule has 1 aromatic heterocycles.